The lowest BCUT2D eigenvalue weighted by Crippen LogP contribution is -2.50. The van der Waals surface area contributed by atoms with Gasteiger partial charge in [-0.1, -0.05) is 0 Å². The number of hydrazine groups is 3. The van der Waals surface area contributed by atoms with Crippen molar-refractivity contribution in [2.75, 3.05) is 6.61 Å². The van der Waals surface area contributed by atoms with Crippen molar-refractivity contribution in [1.29, 1.82) is 0 Å². The molecule has 1 aliphatic rings. The van der Waals surface area contributed by atoms with Crippen LogP contribution >= 0.6 is 0 Å². The van der Waals surface area contributed by atoms with Gasteiger partial charge in [-0.3, -0.25) is 4.79 Å². The van der Waals surface area contributed by atoms with Crippen LogP contribution in [0.3, 0.4) is 0 Å². The first-order chi connectivity index (χ1) is 9.81. The van der Waals surface area contributed by atoms with Crippen LogP contribution < -0.4 is 16.4 Å². The number of ether oxygens (including phenoxy) is 2. The predicted molar refractivity (Wildman–Crippen MR) is 76.0 cm³/mol. The molecule has 0 aliphatic carbocycles. The molecule has 120 valence electrons. The number of esters is 1. The Labute approximate surface area is 124 Å². The summed E-state index contributed by atoms with van der Waals surface area (Å²) >= 11 is 0. The Balaban J connectivity index is 2.34. The number of amides is 1. The van der Waals surface area contributed by atoms with Gasteiger partial charge in [-0.25, -0.2) is 10.2 Å². The molecule has 21 heavy (non-hydrogen) atoms. The van der Waals surface area contributed by atoms with E-state index in [0.29, 0.717) is 25.9 Å². The van der Waals surface area contributed by atoms with E-state index in [1.807, 2.05) is 0 Å². The van der Waals surface area contributed by atoms with Gasteiger partial charge in [0.25, 0.3) is 0 Å². The summed E-state index contributed by atoms with van der Waals surface area (Å²) in [6, 6.07) is 0. The van der Waals surface area contributed by atoms with Crippen LogP contribution in [0.4, 0.5) is 4.79 Å². The van der Waals surface area contributed by atoms with Crippen LogP contribution in [0.1, 0.15) is 47.0 Å². The molecule has 0 aromatic carbocycles. The lowest BCUT2D eigenvalue weighted by molar-refractivity contribution is -0.143. The van der Waals surface area contributed by atoms with E-state index < -0.39 is 11.7 Å². The Morgan fingerprint density at radius 3 is 2.71 bits per heavy atom. The zero-order chi connectivity index (χ0) is 15.9. The number of nitrogens with one attached hydrogen (secondary N) is 3. The second-order valence-electron chi connectivity index (χ2n) is 5.50. The van der Waals surface area contributed by atoms with Crippen LogP contribution in [0.2, 0.25) is 0 Å². The molecule has 3 N–H and O–H groups in total. The molecular weight excluding hydrogens is 276 g/mol. The van der Waals surface area contributed by atoms with Crippen molar-refractivity contribution in [1.82, 2.24) is 21.5 Å². The van der Waals surface area contributed by atoms with E-state index in [0.717, 1.165) is 5.70 Å². The average Bonchev–Trinajstić information content (AvgIpc) is 2.74. The standard InChI is InChI=1S/C13H24N4O4/c1-5-20-11(18)8-6-7-10-9-14-16-17(10)15-12(19)21-13(2,3)4/h9,14,16H,5-8H2,1-4H3,(H,15,19). The molecule has 8 heteroatoms. The lowest BCUT2D eigenvalue weighted by Gasteiger charge is -2.25. The molecule has 1 aliphatic heterocycles. The Morgan fingerprint density at radius 1 is 1.38 bits per heavy atom. The van der Waals surface area contributed by atoms with Gasteiger partial charge >= 0.3 is 12.1 Å². The Morgan fingerprint density at radius 2 is 2.10 bits per heavy atom. The van der Waals surface area contributed by atoms with Crippen LogP contribution in [-0.4, -0.2) is 29.4 Å². The Bertz CT molecular complexity index is 403. The van der Waals surface area contributed by atoms with Gasteiger partial charge in [0.1, 0.15) is 5.60 Å². The minimum atomic E-state index is -0.564. The molecule has 0 spiro atoms. The highest BCUT2D eigenvalue weighted by atomic mass is 16.6. The van der Waals surface area contributed by atoms with Crippen molar-refractivity contribution in [2.24, 2.45) is 0 Å². The van der Waals surface area contributed by atoms with Crippen molar-refractivity contribution < 1.29 is 19.1 Å². The van der Waals surface area contributed by atoms with Gasteiger partial charge in [0, 0.05) is 12.6 Å². The first-order valence-corrected chi connectivity index (χ1v) is 6.97. The number of carbonyl (C=O) groups excluding carboxylic acids is 2. The fourth-order valence-electron chi connectivity index (χ4n) is 1.64. The Kier molecular flexibility index (Phi) is 6.29. The van der Waals surface area contributed by atoms with E-state index in [-0.39, 0.29) is 5.97 Å². The highest BCUT2D eigenvalue weighted by Gasteiger charge is 2.21. The highest BCUT2D eigenvalue weighted by molar-refractivity contribution is 5.69. The maximum Gasteiger partial charge on any atom is 0.427 e. The molecule has 1 rings (SSSR count). The minimum Gasteiger partial charge on any atom is -0.466 e. The van der Waals surface area contributed by atoms with Gasteiger partial charge < -0.3 is 14.9 Å². The summed E-state index contributed by atoms with van der Waals surface area (Å²) in [5, 5.41) is 1.43. The lowest BCUT2D eigenvalue weighted by atomic mass is 10.2. The largest absolute Gasteiger partial charge is 0.466 e. The molecule has 0 aromatic rings. The molecule has 0 radical (unpaired) electrons. The van der Waals surface area contributed by atoms with Crippen LogP contribution in [0.15, 0.2) is 11.9 Å². The predicted octanol–water partition coefficient (Wildman–Crippen LogP) is 1.33. The van der Waals surface area contributed by atoms with Gasteiger partial charge in [0.05, 0.1) is 12.3 Å². The van der Waals surface area contributed by atoms with Crippen LogP contribution in [-0.2, 0) is 14.3 Å². The van der Waals surface area contributed by atoms with Crippen LogP contribution in [0.5, 0.6) is 0 Å². The van der Waals surface area contributed by atoms with E-state index >= 15 is 0 Å². The van der Waals surface area contributed by atoms with Crippen LogP contribution in [0.25, 0.3) is 0 Å². The molecule has 0 saturated carbocycles. The topological polar surface area (TPSA) is 91.9 Å². The molecule has 0 atom stereocenters. The quantitative estimate of drug-likeness (QED) is 0.637. The molecule has 1 heterocycles. The Hall–Kier alpha value is -1.96. The molecule has 0 unspecified atom stereocenters. The first kappa shape index (κ1) is 17.1. The second kappa shape index (κ2) is 7.72. The zero-order valence-corrected chi connectivity index (χ0v) is 13.0. The smallest absolute Gasteiger partial charge is 0.427 e. The van der Waals surface area contributed by atoms with Crippen molar-refractivity contribution in [3.05, 3.63) is 11.9 Å². The van der Waals surface area contributed by atoms with Gasteiger partial charge in [0.15, 0.2) is 0 Å². The molecule has 1 amide bonds. The summed E-state index contributed by atoms with van der Waals surface area (Å²) in [6.07, 6.45) is 2.72. The number of rotatable bonds is 6. The highest BCUT2D eigenvalue weighted by Crippen LogP contribution is 2.13. The number of carbonyl (C=O) groups is 2. The fraction of sp³-hybridized carbons (Fsp3) is 0.692. The fourth-order valence-corrected chi connectivity index (χ4v) is 1.64. The van der Waals surface area contributed by atoms with Gasteiger partial charge in [-0.15, -0.1) is 5.53 Å². The average molecular weight is 300 g/mol. The number of allylic oxidation sites excluding steroid dienone is 1. The molecule has 0 fully saturated rings. The van der Waals surface area contributed by atoms with Crippen molar-refractivity contribution in [3.63, 3.8) is 0 Å². The summed E-state index contributed by atoms with van der Waals surface area (Å²) in [5.41, 5.74) is 8.33. The number of nitrogens with zero attached hydrogens (tertiary/aromatic N) is 1. The molecule has 0 saturated heterocycles. The molecule has 0 bridgehead atoms. The van der Waals surface area contributed by atoms with E-state index in [9.17, 15) is 9.59 Å². The van der Waals surface area contributed by atoms with Crippen molar-refractivity contribution >= 4 is 12.1 Å². The van der Waals surface area contributed by atoms with E-state index in [4.69, 9.17) is 9.47 Å². The monoisotopic (exact) mass is 300 g/mol. The van der Waals surface area contributed by atoms with E-state index in [1.54, 1.807) is 33.9 Å². The maximum atomic E-state index is 11.7. The third-order valence-corrected chi connectivity index (χ3v) is 2.42. The second-order valence-corrected chi connectivity index (χ2v) is 5.50. The summed E-state index contributed by atoms with van der Waals surface area (Å²) in [5.74, 6) is -0.219. The van der Waals surface area contributed by atoms with Gasteiger partial charge in [-0.2, -0.15) is 5.12 Å². The summed E-state index contributed by atoms with van der Waals surface area (Å²) < 4.78 is 10.0. The van der Waals surface area contributed by atoms with Gasteiger partial charge in [-0.05, 0) is 40.5 Å². The van der Waals surface area contributed by atoms with Crippen molar-refractivity contribution in [3.8, 4) is 0 Å². The zero-order valence-electron chi connectivity index (χ0n) is 13.0. The summed E-state index contributed by atoms with van der Waals surface area (Å²) in [4.78, 5) is 22.9. The SMILES string of the molecule is CCOC(=O)CCCC1=CNNN1NC(=O)OC(C)(C)C. The third-order valence-electron chi connectivity index (χ3n) is 2.42. The van der Waals surface area contributed by atoms with E-state index in [2.05, 4.69) is 16.4 Å². The normalized spacial score (nSPS) is 14.3. The first-order valence-electron chi connectivity index (χ1n) is 6.97. The van der Waals surface area contributed by atoms with Crippen LogP contribution in [0, 0.1) is 0 Å². The number of hydrogen-bond acceptors (Lipinski definition) is 7. The summed E-state index contributed by atoms with van der Waals surface area (Å²) in [6.45, 7) is 7.53. The van der Waals surface area contributed by atoms with Crippen molar-refractivity contribution in [2.45, 2.75) is 52.6 Å². The molecule has 0 aromatic heterocycles. The minimum absolute atomic E-state index is 0.219. The van der Waals surface area contributed by atoms with E-state index in [1.165, 1.54) is 5.12 Å². The summed E-state index contributed by atoms with van der Waals surface area (Å²) in [7, 11) is 0. The molecular formula is C13H24N4O4. The third kappa shape index (κ3) is 6.84. The maximum absolute atomic E-state index is 11.7. The van der Waals surface area contributed by atoms with Gasteiger partial charge in [0.2, 0.25) is 0 Å². The molecule has 8 nitrogen and oxygen atoms in total. The number of hydrogen-bond donors (Lipinski definition) is 3.